The molecule has 0 aromatic rings. The van der Waals surface area contributed by atoms with Crippen molar-refractivity contribution >= 4 is 0 Å². The lowest BCUT2D eigenvalue weighted by Gasteiger charge is -2.49. The van der Waals surface area contributed by atoms with Crippen LogP contribution in [0.3, 0.4) is 0 Å². The molecule has 1 heterocycles. The van der Waals surface area contributed by atoms with Crippen LogP contribution in [0, 0.1) is 0 Å². The number of methoxy groups -OCH3 is 1. The maximum absolute atomic E-state index is 10.4. The minimum atomic E-state index is -0.931. The Hall–Kier alpha value is -0.240. The molecule has 0 aliphatic carbocycles. The Kier molecular flexibility index (Phi) is 5.57. The lowest BCUT2D eigenvalue weighted by Crippen LogP contribution is -2.68. The van der Waals surface area contributed by atoms with E-state index in [2.05, 4.69) is 0 Å². The van der Waals surface area contributed by atoms with Crippen molar-refractivity contribution in [3.63, 3.8) is 0 Å². The Bertz CT molecular complexity index is 313. The second-order valence-corrected chi connectivity index (χ2v) is 6.85. The van der Waals surface area contributed by atoms with E-state index in [0.717, 1.165) is 0 Å². The molecule has 0 radical (unpaired) electrons. The minimum Gasteiger partial charge on any atom is -0.394 e. The highest BCUT2D eigenvalue weighted by molar-refractivity contribution is 5.01. The van der Waals surface area contributed by atoms with Gasteiger partial charge in [-0.1, -0.05) is 0 Å². The van der Waals surface area contributed by atoms with Crippen LogP contribution in [-0.2, 0) is 14.2 Å². The predicted octanol–water partition coefficient (Wildman–Crippen LogP) is 0.0430. The monoisotopic (exact) mass is 291 g/mol. The molecule has 1 rings (SSSR count). The fraction of sp³-hybridized carbons (Fsp3) is 1.00. The number of ether oxygens (including phenoxy) is 3. The van der Waals surface area contributed by atoms with Crippen LogP contribution >= 0.6 is 0 Å². The van der Waals surface area contributed by atoms with E-state index in [-0.39, 0.29) is 6.61 Å². The molecule has 4 N–H and O–H groups in total. The molecule has 1 saturated heterocycles. The van der Waals surface area contributed by atoms with Gasteiger partial charge in [0.2, 0.25) is 0 Å². The molecule has 1 aliphatic rings. The van der Waals surface area contributed by atoms with Crippen LogP contribution in [0.5, 0.6) is 0 Å². The summed E-state index contributed by atoms with van der Waals surface area (Å²) >= 11 is 0. The topological polar surface area (TPSA) is 94.2 Å². The number of hydrogen-bond acceptors (Lipinski definition) is 6. The summed E-state index contributed by atoms with van der Waals surface area (Å²) in [6.45, 7) is 9.06. The van der Waals surface area contributed by atoms with Crippen molar-refractivity contribution in [1.82, 2.24) is 0 Å². The van der Waals surface area contributed by atoms with Gasteiger partial charge in [0.05, 0.1) is 23.9 Å². The van der Waals surface area contributed by atoms with Gasteiger partial charge in [-0.05, 0) is 34.6 Å². The Morgan fingerprint density at radius 1 is 1.20 bits per heavy atom. The zero-order valence-corrected chi connectivity index (χ0v) is 13.3. The van der Waals surface area contributed by atoms with Gasteiger partial charge in [0.15, 0.2) is 0 Å². The van der Waals surface area contributed by atoms with E-state index in [1.807, 2.05) is 34.6 Å². The van der Waals surface area contributed by atoms with Crippen LogP contribution in [-0.4, -0.2) is 65.6 Å². The molecule has 5 atom stereocenters. The molecule has 1 aliphatic heterocycles. The lowest BCUT2D eigenvalue weighted by molar-refractivity contribution is -0.259. The van der Waals surface area contributed by atoms with Gasteiger partial charge in [-0.2, -0.15) is 0 Å². The summed E-state index contributed by atoms with van der Waals surface area (Å²) in [5.74, 6) is 0. The van der Waals surface area contributed by atoms with Crippen molar-refractivity contribution in [2.75, 3.05) is 13.7 Å². The molecule has 0 spiro atoms. The average molecular weight is 291 g/mol. The highest BCUT2D eigenvalue weighted by atomic mass is 16.6. The van der Waals surface area contributed by atoms with E-state index >= 15 is 0 Å². The Morgan fingerprint density at radius 2 is 1.75 bits per heavy atom. The van der Waals surface area contributed by atoms with Crippen LogP contribution in [0.2, 0.25) is 0 Å². The van der Waals surface area contributed by atoms with Gasteiger partial charge in [0, 0.05) is 7.11 Å². The largest absolute Gasteiger partial charge is 0.394 e. The van der Waals surface area contributed by atoms with E-state index in [4.69, 9.17) is 19.9 Å². The van der Waals surface area contributed by atoms with Crippen molar-refractivity contribution in [3.8, 4) is 0 Å². The number of nitrogens with two attached hydrogens (primary N) is 1. The molecular formula is C14H29NO5. The zero-order valence-electron chi connectivity index (χ0n) is 13.3. The molecule has 0 bridgehead atoms. The van der Waals surface area contributed by atoms with Gasteiger partial charge >= 0.3 is 0 Å². The third-order valence-electron chi connectivity index (χ3n) is 3.65. The molecule has 120 valence electrons. The molecule has 5 unspecified atom stereocenters. The molecule has 0 aromatic heterocycles. The maximum Gasteiger partial charge on any atom is 0.114 e. The number of aliphatic hydroxyl groups excluding tert-OH is 2. The SMILES string of the molecule is COC(C)(C)C1OC(CO)C(OC(C)(C)C)C(O)C1N. The van der Waals surface area contributed by atoms with E-state index in [1.165, 1.54) is 0 Å². The quantitative estimate of drug-likeness (QED) is 0.677. The molecule has 6 heteroatoms. The van der Waals surface area contributed by atoms with Crippen LogP contribution < -0.4 is 5.73 Å². The highest BCUT2D eigenvalue weighted by Crippen LogP contribution is 2.31. The standard InChI is InChI=1S/C14H29NO5/c1-13(2,3)20-11-8(7-16)19-12(9(15)10(11)17)14(4,5)18-6/h8-12,16-17H,7,15H2,1-6H3. The molecule has 20 heavy (non-hydrogen) atoms. The Morgan fingerprint density at radius 3 is 2.15 bits per heavy atom. The summed E-state index contributed by atoms with van der Waals surface area (Å²) in [5.41, 5.74) is 4.96. The predicted molar refractivity (Wildman–Crippen MR) is 75.4 cm³/mol. The van der Waals surface area contributed by atoms with Gasteiger partial charge in [-0.3, -0.25) is 0 Å². The van der Waals surface area contributed by atoms with Gasteiger partial charge in [0.1, 0.15) is 24.4 Å². The maximum atomic E-state index is 10.4. The van der Waals surface area contributed by atoms with Gasteiger partial charge in [-0.25, -0.2) is 0 Å². The fourth-order valence-electron chi connectivity index (χ4n) is 2.42. The van der Waals surface area contributed by atoms with E-state index in [1.54, 1.807) is 7.11 Å². The van der Waals surface area contributed by atoms with Crippen molar-refractivity contribution in [2.24, 2.45) is 5.73 Å². The van der Waals surface area contributed by atoms with Crippen molar-refractivity contribution < 1.29 is 24.4 Å². The molecule has 0 aromatic carbocycles. The molecular weight excluding hydrogens is 262 g/mol. The molecule has 0 saturated carbocycles. The average Bonchev–Trinajstić information content (AvgIpc) is 2.33. The summed E-state index contributed by atoms with van der Waals surface area (Å²) in [6, 6.07) is -0.653. The summed E-state index contributed by atoms with van der Waals surface area (Å²) in [7, 11) is 1.56. The third-order valence-corrected chi connectivity index (χ3v) is 3.65. The first-order valence-corrected chi connectivity index (χ1v) is 6.96. The Balaban J connectivity index is 2.95. The second-order valence-electron chi connectivity index (χ2n) is 6.85. The van der Waals surface area contributed by atoms with E-state index in [0.29, 0.717) is 0 Å². The number of rotatable bonds is 4. The number of hydrogen-bond donors (Lipinski definition) is 3. The summed E-state index contributed by atoms with van der Waals surface area (Å²) in [4.78, 5) is 0. The van der Waals surface area contributed by atoms with Gasteiger partial charge in [-0.15, -0.1) is 0 Å². The summed E-state index contributed by atoms with van der Waals surface area (Å²) < 4.78 is 17.0. The second kappa shape index (κ2) is 6.25. The van der Waals surface area contributed by atoms with Gasteiger partial charge in [0.25, 0.3) is 0 Å². The first-order valence-electron chi connectivity index (χ1n) is 6.96. The molecule has 1 fully saturated rings. The van der Waals surface area contributed by atoms with Gasteiger partial charge < -0.3 is 30.2 Å². The lowest BCUT2D eigenvalue weighted by atomic mass is 9.85. The van der Waals surface area contributed by atoms with Crippen molar-refractivity contribution in [3.05, 3.63) is 0 Å². The first kappa shape index (κ1) is 17.8. The number of aliphatic hydroxyl groups is 2. The van der Waals surface area contributed by atoms with Crippen LogP contribution in [0.4, 0.5) is 0 Å². The first-order chi connectivity index (χ1) is 9.03. The Labute approximate surface area is 121 Å². The smallest absolute Gasteiger partial charge is 0.114 e. The normalized spacial score (nSPS) is 36.1. The van der Waals surface area contributed by atoms with Crippen LogP contribution in [0.15, 0.2) is 0 Å². The van der Waals surface area contributed by atoms with E-state index < -0.39 is 41.7 Å². The van der Waals surface area contributed by atoms with Crippen LogP contribution in [0.25, 0.3) is 0 Å². The summed E-state index contributed by atoms with van der Waals surface area (Å²) in [5, 5.41) is 20.0. The van der Waals surface area contributed by atoms with Crippen molar-refractivity contribution in [1.29, 1.82) is 0 Å². The van der Waals surface area contributed by atoms with Crippen molar-refractivity contribution in [2.45, 2.75) is 76.3 Å². The minimum absolute atomic E-state index is 0.249. The molecule has 0 amide bonds. The van der Waals surface area contributed by atoms with E-state index in [9.17, 15) is 10.2 Å². The highest BCUT2D eigenvalue weighted by Gasteiger charge is 2.50. The van der Waals surface area contributed by atoms with Crippen LogP contribution in [0.1, 0.15) is 34.6 Å². The molecule has 6 nitrogen and oxygen atoms in total. The third kappa shape index (κ3) is 3.90. The summed E-state index contributed by atoms with van der Waals surface area (Å²) in [6.07, 6.45) is -2.76. The zero-order chi connectivity index (χ0) is 15.7. The fourth-order valence-corrected chi connectivity index (χ4v) is 2.42.